The molecule has 0 bridgehead atoms. The van der Waals surface area contributed by atoms with Crippen molar-refractivity contribution in [1.29, 1.82) is 5.26 Å². The van der Waals surface area contributed by atoms with E-state index in [4.69, 9.17) is 4.74 Å². The molecule has 0 aromatic heterocycles. The third-order valence-corrected chi connectivity index (χ3v) is 7.22. The molecule has 3 heterocycles. The molecule has 4 atom stereocenters. The second kappa shape index (κ2) is 10.0. The molecule has 5 rings (SSSR count). The van der Waals surface area contributed by atoms with Crippen LogP contribution in [0.3, 0.4) is 0 Å². The van der Waals surface area contributed by atoms with Crippen LogP contribution in [0.1, 0.15) is 30.4 Å². The second-order valence-corrected chi connectivity index (χ2v) is 9.32. The number of ether oxygens (including phenoxy) is 1. The second-order valence-electron chi connectivity index (χ2n) is 9.32. The number of carbonyl (C=O) groups excluding carboxylic acids is 1. The SMILES string of the molecule is N#Cc1cccc(C2=CC3C=CN=CC3C(NC3CCN(C(=O)C4CNCCO4)CC3)C2)c1. The van der Waals surface area contributed by atoms with Gasteiger partial charge in [-0.15, -0.1) is 0 Å². The van der Waals surface area contributed by atoms with Crippen LogP contribution in [-0.2, 0) is 9.53 Å². The largest absolute Gasteiger partial charge is 0.366 e. The van der Waals surface area contributed by atoms with Gasteiger partial charge in [0.2, 0.25) is 0 Å². The van der Waals surface area contributed by atoms with Crippen molar-refractivity contribution in [3.63, 3.8) is 0 Å². The van der Waals surface area contributed by atoms with E-state index in [0.717, 1.165) is 44.5 Å². The number of hydrogen-bond acceptors (Lipinski definition) is 6. The van der Waals surface area contributed by atoms with Gasteiger partial charge < -0.3 is 20.3 Å². The number of benzene rings is 1. The minimum absolute atomic E-state index is 0.116. The Morgan fingerprint density at radius 1 is 1.30 bits per heavy atom. The summed E-state index contributed by atoms with van der Waals surface area (Å²) in [5.74, 6) is 0.733. The predicted molar refractivity (Wildman–Crippen MR) is 127 cm³/mol. The van der Waals surface area contributed by atoms with Crippen molar-refractivity contribution < 1.29 is 9.53 Å². The summed E-state index contributed by atoms with van der Waals surface area (Å²) < 4.78 is 5.65. The number of nitrogens with one attached hydrogen (secondary N) is 2. The van der Waals surface area contributed by atoms with E-state index < -0.39 is 0 Å². The first-order chi connectivity index (χ1) is 16.2. The molecule has 2 saturated heterocycles. The first-order valence-corrected chi connectivity index (χ1v) is 12.0. The topological polar surface area (TPSA) is 89.8 Å². The lowest BCUT2D eigenvalue weighted by molar-refractivity contribution is -0.146. The quantitative estimate of drug-likeness (QED) is 0.741. The number of nitrogens with zero attached hydrogens (tertiary/aromatic N) is 3. The zero-order valence-electron chi connectivity index (χ0n) is 18.8. The number of aliphatic imine (C=N–C) groups is 1. The van der Waals surface area contributed by atoms with Gasteiger partial charge >= 0.3 is 0 Å². The van der Waals surface area contributed by atoms with Gasteiger partial charge in [0.1, 0.15) is 6.10 Å². The Bertz CT molecular complexity index is 996. The molecule has 1 aliphatic carbocycles. The Balaban J connectivity index is 1.24. The Kier molecular flexibility index (Phi) is 6.68. The maximum atomic E-state index is 12.8. The molecule has 7 heteroatoms. The number of nitriles is 1. The lowest BCUT2D eigenvalue weighted by Crippen LogP contribution is -2.55. The monoisotopic (exact) mass is 445 g/mol. The van der Waals surface area contributed by atoms with Crippen molar-refractivity contribution in [1.82, 2.24) is 15.5 Å². The molecule has 172 valence electrons. The van der Waals surface area contributed by atoms with Crippen molar-refractivity contribution in [2.75, 3.05) is 32.8 Å². The Labute approximate surface area is 195 Å². The van der Waals surface area contributed by atoms with Crippen LogP contribution in [-0.4, -0.2) is 68.0 Å². The minimum Gasteiger partial charge on any atom is -0.366 e. The highest BCUT2D eigenvalue weighted by Crippen LogP contribution is 2.36. The lowest BCUT2D eigenvalue weighted by atomic mass is 9.75. The molecular weight excluding hydrogens is 414 g/mol. The highest BCUT2D eigenvalue weighted by atomic mass is 16.5. The van der Waals surface area contributed by atoms with E-state index in [-0.39, 0.29) is 18.1 Å². The molecular formula is C26H31N5O2. The number of allylic oxidation sites excluding steroid dienone is 2. The summed E-state index contributed by atoms with van der Waals surface area (Å²) in [5, 5.41) is 16.5. The van der Waals surface area contributed by atoms with Crippen LogP contribution >= 0.6 is 0 Å². The van der Waals surface area contributed by atoms with Gasteiger partial charge in [0.05, 0.1) is 18.2 Å². The van der Waals surface area contributed by atoms with Gasteiger partial charge in [-0.1, -0.05) is 24.3 Å². The zero-order chi connectivity index (χ0) is 22.6. The summed E-state index contributed by atoms with van der Waals surface area (Å²) in [6.45, 7) is 3.55. The third kappa shape index (κ3) is 4.93. The Morgan fingerprint density at radius 3 is 2.97 bits per heavy atom. The van der Waals surface area contributed by atoms with E-state index in [0.29, 0.717) is 36.6 Å². The molecule has 2 N–H and O–H groups in total. The molecule has 0 radical (unpaired) electrons. The van der Waals surface area contributed by atoms with E-state index in [1.165, 1.54) is 5.57 Å². The molecule has 0 spiro atoms. The number of likely N-dealkylation sites (tertiary alicyclic amines) is 1. The van der Waals surface area contributed by atoms with E-state index >= 15 is 0 Å². The highest BCUT2D eigenvalue weighted by molar-refractivity contribution is 5.81. The normalized spacial score (nSPS) is 29.8. The van der Waals surface area contributed by atoms with E-state index in [9.17, 15) is 10.1 Å². The number of rotatable bonds is 4. The average molecular weight is 446 g/mol. The van der Waals surface area contributed by atoms with E-state index in [2.05, 4.69) is 46.1 Å². The Hall–Kier alpha value is -2.79. The molecule has 1 amide bonds. The first-order valence-electron chi connectivity index (χ1n) is 12.0. The summed E-state index contributed by atoms with van der Waals surface area (Å²) in [7, 11) is 0. The minimum atomic E-state index is -0.343. The fourth-order valence-electron chi connectivity index (χ4n) is 5.41. The smallest absolute Gasteiger partial charge is 0.253 e. The Morgan fingerprint density at radius 2 is 2.18 bits per heavy atom. The van der Waals surface area contributed by atoms with Crippen molar-refractivity contribution in [2.45, 2.75) is 37.5 Å². The maximum Gasteiger partial charge on any atom is 0.253 e. The van der Waals surface area contributed by atoms with Crippen LogP contribution in [0, 0.1) is 23.2 Å². The number of piperidine rings is 1. The fourth-order valence-corrected chi connectivity index (χ4v) is 5.41. The molecule has 4 unspecified atom stereocenters. The van der Waals surface area contributed by atoms with E-state index in [1.54, 1.807) is 0 Å². The summed E-state index contributed by atoms with van der Waals surface area (Å²) in [4.78, 5) is 19.2. The number of carbonyl (C=O) groups is 1. The van der Waals surface area contributed by atoms with Gasteiger partial charge in [-0.25, -0.2) is 0 Å². The maximum absolute atomic E-state index is 12.8. The van der Waals surface area contributed by atoms with E-state index in [1.807, 2.05) is 29.3 Å². The molecule has 7 nitrogen and oxygen atoms in total. The molecule has 1 aromatic carbocycles. The number of morpholine rings is 1. The van der Waals surface area contributed by atoms with Gasteiger partial charge in [-0.05, 0) is 42.5 Å². The van der Waals surface area contributed by atoms with Crippen molar-refractivity contribution in [3.05, 3.63) is 53.7 Å². The van der Waals surface area contributed by atoms with Gasteiger partial charge in [0, 0.05) is 62.5 Å². The van der Waals surface area contributed by atoms with Crippen LogP contribution in [0.5, 0.6) is 0 Å². The summed E-state index contributed by atoms with van der Waals surface area (Å²) in [5.41, 5.74) is 3.09. The van der Waals surface area contributed by atoms with Crippen LogP contribution < -0.4 is 10.6 Å². The van der Waals surface area contributed by atoms with Crippen LogP contribution in [0.2, 0.25) is 0 Å². The van der Waals surface area contributed by atoms with Crippen molar-refractivity contribution in [3.8, 4) is 6.07 Å². The number of fused-ring (bicyclic) bond motifs is 1. The van der Waals surface area contributed by atoms with Gasteiger partial charge in [-0.2, -0.15) is 5.26 Å². The standard InChI is InChI=1S/C26H31N5O2/c27-15-18-2-1-3-19(12-18)21-13-20-4-7-28-16-23(20)24(14-21)30-22-5-9-31(10-6-22)26(32)25-17-29-8-11-33-25/h1-4,7,12-13,16,20,22-25,29-30H,5-6,8-11,14,17H2. The van der Waals surface area contributed by atoms with Gasteiger partial charge in [-0.3, -0.25) is 9.79 Å². The summed E-state index contributed by atoms with van der Waals surface area (Å²) >= 11 is 0. The third-order valence-electron chi connectivity index (χ3n) is 7.22. The predicted octanol–water partition coefficient (Wildman–Crippen LogP) is 2.11. The van der Waals surface area contributed by atoms with Gasteiger partial charge in [0.15, 0.2) is 0 Å². The van der Waals surface area contributed by atoms with Crippen LogP contribution in [0.4, 0.5) is 0 Å². The summed E-state index contributed by atoms with van der Waals surface area (Å²) in [6.07, 6.45) is 10.9. The van der Waals surface area contributed by atoms with Crippen LogP contribution in [0.25, 0.3) is 5.57 Å². The average Bonchev–Trinajstić information content (AvgIpc) is 2.89. The number of amides is 1. The molecule has 0 saturated carbocycles. The lowest BCUT2D eigenvalue weighted by Gasteiger charge is -2.41. The highest BCUT2D eigenvalue weighted by Gasteiger charge is 2.35. The molecule has 4 aliphatic rings. The van der Waals surface area contributed by atoms with Gasteiger partial charge in [0.25, 0.3) is 5.91 Å². The molecule has 33 heavy (non-hydrogen) atoms. The zero-order valence-corrected chi connectivity index (χ0v) is 18.8. The van der Waals surface area contributed by atoms with Crippen LogP contribution in [0.15, 0.2) is 47.6 Å². The van der Waals surface area contributed by atoms with Crippen molar-refractivity contribution >= 4 is 17.7 Å². The first kappa shape index (κ1) is 22.0. The number of hydrogen-bond donors (Lipinski definition) is 2. The molecule has 2 fully saturated rings. The summed E-state index contributed by atoms with van der Waals surface area (Å²) in [6, 6.07) is 10.8. The van der Waals surface area contributed by atoms with Crippen molar-refractivity contribution in [2.24, 2.45) is 16.8 Å². The molecule has 1 aromatic rings. The fraction of sp³-hybridized carbons (Fsp3) is 0.500. The molecule has 3 aliphatic heterocycles.